The van der Waals surface area contributed by atoms with Crippen molar-refractivity contribution in [2.45, 2.75) is 45.6 Å². The fourth-order valence-electron chi connectivity index (χ4n) is 2.34. The fourth-order valence-corrected chi connectivity index (χ4v) is 2.34. The van der Waals surface area contributed by atoms with Crippen LogP contribution in [0.4, 0.5) is 0 Å². The minimum Gasteiger partial charge on any atom is -0.394 e. The first-order valence-corrected chi connectivity index (χ1v) is 6.09. The third-order valence-corrected chi connectivity index (χ3v) is 3.38. The number of nitrogens with one attached hydrogen (secondary N) is 1. The summed E-state index contributed by atoms with van der Waals surface area (Å²) in [4.78, 5) is 0. The maximum atomic E-state index is 8.55. The molecular weight excluding hydrogens is 190 g/mol. The molecule has 0 saturated heterocycles. The van der Waals surface area contributed by atoms with Crippen LogP contribution in [0.3, 0.4) is 0 Å². The highest BCUT2D eigenvalue weighted by molar-refractivity contribution is 4.87. The van der Waals surface area contributed by atoms with Crippen molar-refractivity contribution in [3.05, 3.63) is 0 Å². The van der Waals surface area contributed by atoms with Gasteiger partial charge in [0.2, 0.25) is 0 Å². The van der Waals surface area contributed by atoms with Gasteiger partial charge in [-0.25, -0.2) is 0 Å². The van der Waals surface area contributed by atoms with E-state index in [1.165, 1.54) is 25.7 Å². The summed E-state index contributed by atoms with van der Waals surface area (Å²) < 4.78 is 5.23. The van der Waals surface area contributed by atoms with Crippen LogP contribution < -0.4 is 5.32 Å². The van der Waals surface area contributed by atoms with Gasteiger partial charge in [0.1, 0.15) is 0 Å². The van der Waals surface area contributed by atoms with Crippen LogP contribution in [0, 0.1) is 5.41 Å². The second-order valence-electron chi connectivity index (χ2n) is 5.08. The zero-order valence-electron chi connectivity index (χ0n) is 10.1. The minimum atomic E-state index is 0.120. The minimum absolute atomic E-state index is 0.120. The summed E-state index contributed by atoms with van der Waals surface area (Å²) in [6.07, 6.45) is 5.32. The molecule has 1 atom stereocenters. The zero-order valence-corrected chi connectivity index (χ0v) is 10.1. The van der Waals surface area contributed by atoms with Gasteiger partial charge >= 0.3 is 0 Å². The molecule has 3 heteroatoms. The Kier molecular flexibility index (Phi) is 5.58. The predicted molar refractivity (Wildman–Crippen MR) is 61.9 cm³/mol. The highest BCUT2D eigenvalue weighted by Gasteiger charge is 2.31. The van der Waals surface area contributed by atoms with Crippen LogP contribution >= 0.6 is 0 Å². The fraction of sp³-hybridized carbons (Fsp3) is 1.00. The lowest BCUT2D eigenvalue weighted by Gasteiger charge is -2.39. The highest BCUT2D eigenvalue weighted by atomic mass is 16.5. The van der Waals surface area contributed by atoms with Crippen molar-refractivity contribution in [2.24, 2.45) is 5.41 Å². The van der Waals surface area contributed by atoms with E-state index in [9.17, 15) is 0 Å². The van der Waals surface area contributed by atoms with Gasteiger partial charge in [-0.1, -0.05) is 26.7 Å². The predicted octanol–water partition coefficient (Wildman–Crippen LogP) is 1.55. The van der Waals surface area contributed by atoms with E-state index >= 15 is 0 Å². The van der Waals surface area contributed by atoms with Crippen molar-refractivity contribution in [3.8, 4) is 0 Å². The second kappa shape index (κ2) is 6.46. The van der Waals surface area contributed by atoms with E-state index in [1.807, 2.05) is 0 Å². The molecule has 1 unspecified atom stereocenters. The second-order valence-corrected chi connectivity index (χ2v) is 5.08. The Bertz CT molecular complexity index is 171. The largest absolute Gasteiger partial charge is 0.394 e. The van der Waals surface area contributed by atoms with Gasteiger partial charge in [0.15, 0.2) is 0 Å². The summed E-state index contributed by atoms with van der Waals surface area (Å²) in [5.41, 5.74) is 0.426. The maximum Gasteiger partial charge on any atom is 0.0698 e. The summed E-state index contributed by atoms with van der Waals surface area (Å²) in [6, 6.07) is 0.629. The van der Waals surface area contributed by atoms with Gasteiger partial charge in [0.25, 0.3) is 0 Å². The number of hydrogen-bond donors (Lipinski definition) is 2. The molecular formula is C12H25NO2. The van der Waals surface area contributed by atoms with Crippen LogP contribution in [0.2, 0.25) is 0 Å². The molecule has 0 bridgehead atoms. The number of hydrogen-bond acceptors (Lipinski definition) is 3. The summed E-state index contributed by atoms with van der Waals surface area (Å²) in [7, 11) is 0. The Morgan fingerprint density at radius 3 is 2.80 bits per heavy atom. The van der Waals surface area contributed by atoms with Crippen molar-refractivity contribution in [3.63, 3.8) is 0 Å². The number of rotatable bonds is 6. The molecule has 0 aromatic rings. The molecule has 1 aliphatic rings. The average Bonchev–Trinajstić information content (AvgIpc) is 2.19. The molecule has 0 aliphatic heterocycles. The van der Waals surface area contributed by atoms with Gasteiger partial charge in [-0.2, -0.15) is 0 Å². The van der Waals surface area contributed by atoms with Crippen LogP contribution in [0.15, 0.2) is 0 Å². The van der Waals surface area contributed by atoms with Crippen molar-refractivity contribution in [1.82, 2.24) is 5.32 Å². The molecule has 0 aromatic heterocycles. The topological polar surface area (TPSA) is 41.5 Å². The molecule has 1 fully saturated rings. The molecule has 0 aromatic carbocycles. The molecule has 0 amide bonds. The summed E-state index contributed by atoms with van der Waals surface area (Å²) in [5, 5.41) is 12.1. The van der Waals surface area contributed by atoms with Gasteiger partial charge in [0, 0.05) is 12.6 Å². The van der Waals surface area contributed by atoms with Crippen molar-refractivity contribution in [1.29, 1.82) is 0 Å². The van der Waals surface area contributed by atoms with Crippen LogP contribution in [0.1, 0.15) is 39.5 Å². The van der Waals surface area contributed by atoms with Gasteiger partial charge in [-0.3, -0.25) is 0 Å². The van der Waals surface area contributed by atoms with E-state index in [1.54, 1.807) is 0 Å². The van der Waals surface area contributed by atoms with E-state index in [4.69, 9.17) is 9.84 Å². The van der Waals surface area contributed by atoms with E-state index in [-0.39, 0.29) is 6.61 Å². The van der Waals surface area contributed by atoms with Crippen LogP contribution in [0.25, 0.3) is 0 Å². The van der Waals surface area contributed by atoms with Crippen molar-refractivity contribution < 1.29 is 9.84 Å². The Labute approximate surface area is 93.2 Å². The third-order valence-electron chi connectivity index (χ3n) is 3.38. The molecule has 1 rings (SSSR count). The number of aliphatic hydroxyl groups is 1. The third kappa shape index (κ3) is 4.49. The Balaban J connectivity index is 2.13. The average molecular weight is 215 g/mol. The quantitative estimate of drug-likeness (QED) is 0.661. The Hall–Kier alpha value is -0.120. The van der Waals surface area contributed by atoms with E-state index < -0.39 is 0 Å². The van der Waals surface area contributed by atoms with E-state index in [0.29, 0.717) is 24.7 Å². The van der Waals surface area contributed by atoms with E-state index in [2.05, 4.69) is 19.2 Å². The van der Waals surface area contributed by atoms with Gasteiger partial charge in [-0.15, -0.1) is 0 Å². The smallest absolute Gasteiger partial charge is 0.0698 e. The lowest BCUT2D eigenvalue weighted by Crippen LogP contribution is -2.45. The zero-order chi connectivity index (χ0) is 11.1. The van der Waals surface area contributed by atoms with Gasteiger partial charge < -0.3 is 15.2 Å². The van der Waals surface area contributed by atoms with Gasteiger partial charge in [-0.05, 0) is 18.3 Å². The molecule has 1 aliphatic carbocycles. The molecule has 0 heterocycles. The lowest BCUT2D eigenvalue weighted by atomic mass is 9.73. The summed E-state index contributed by atoms with van der Waals surface area (Å²) >= 11 is 0. The van der Waals surface area contributed by atoms with E-state index in [0.717, 1.165) is 6.54 Å². The first-order chi connectivity index (χ1) is 7.17. The normalized spacial score (nSPS) is 25.4. The highest BCUT2D eigenvalue weighted by Crippen LogP contribution is 2.35. The lowest BCUT2D eigenvalue weighted by molar-refractivity contribution is 0.0849. The SMILES string of the molecule is CC1(C)CCCCC1NCCOCCO. The van der Waals surface area contributed by atoms with Crippen LogP contribution in [-0.2, 0) is 4.74 Å². The molecule has 90 valence electrons. The molecule has 3 nitrogen and oxygen atoms in total. The first kappa shape index (κ1) is 12.9. The van der Waals surface area contributed by atoms with Crippen LogP contribution in [-0.4, -0.2) is 37.5 Å². The first-order valence-electron chi connectivity index (χ1n) is 6.09. The van der Waals surface area contributed by atoms with Crippen molar-refractivity contribution >= 4 is 0 Å². The molecule has 1 saturated carbocycles. The monoisotopic (exact) mass is 215 g/mol. The van der Waals surface area contributed by atoms with Crippen LogP contribution in [0.5, 0.6) is 0 Å². The molecule has 2 N–H and O–H groups in total. The molecule has 0 radical (unpaired) electrons. The Morgan fingerprint density at radius 2 is 2.13 bits per heavy atom. The summed E-state index contributed by atoms with van der Waals surface area (Å²) in [6.45, 7) is 6.86. The maximum absolute atomic E-state index is 8.55. The Morgan fingerprint density at radius 1 is 1.33 bits per heavy atom. The van der Waals surface area contributed by atoms with Gasteiger partial charge in [0.05, 0.1) is 19.8 Å². The standard InChI is InChI=1S/C12H25NO2/c1-12(2)6-4-3-5-11(12)13-7-9-15-10-8-14/h11,13-14H,3-10H2,1-2H3. The molecule has 15 heavy (non-hydrogen) atoms. The number of ether oxygens (including phenoxy) is 1. The van der Waals surface area contributed by atoms with Crippen molar-refractivity contribution in [2.75, 3.05) is 26.4 Å². The molecule has 0 spiro atoms. The number of aliphatic hydroxyl groups excluding tert-OH is 1. The summed E-state index contributed by atoms with van der Waals surface area (Å²) in [5.74, 6) is 0.